The molecule has 3 rings (SSSR count). The first-order chi connectivity index (χ1) is 11.7. The zero-order chi connectivity index (χ0) is 16.9. The highest BCUT2D eigenvalue weighted by atomic mass is 16.5. The Morgan fingerprint density at radius 3 is 2.50 bits per heavy atom. The molecule has 6 nitrogen and oxygen atoms in total. The molecular weight excluding hydrogens is 308 g/mol. The Labute approximate surface area is 142 Å². The highest BCUT2D eigenvalue weighted by Gasteiger charge is 2.29. The molecule has 2 aliphatic rings. The highest BCUT2D eigenvalue weighted by Crippen LogP contribution is 2.23. The van der Waals surface area contributed by atoms with Crippen molar-refractivity contribution in [3.8, 4) is 0 Å². The minimum absolute atomic E-state index is 0.168. The fourth-order valence-corrected chi connectivity index (χ4v) is 3.60. The Morgan fingerprint density at radius 1 is 1.12 bits per heavy atom. The zero-order valence-corrected chi connectivity index (χ0v) is 14.3. The van der Waals surface area contributed by atoms with E-state index in [1.807, 2.05) is 6.07 Å². The molecule has 1 aromatic heterocycles. The van der Waals surface area contributed by atoms with Gasteiger partial charge in [0.05, 0.1) is 13.7 Å². The number of hydrogen-bond acceptors (Lipinski definition) is 5. The van der Waals surface area contributed by atoms with Crippen LogP contribution in [-0.4, -0.2) is 55.0 Å². The number of hydrogen-bond donors (Lipinski definition) is 0. The summed E-state index contributed by atoms with van der Waals surface area (Å²) >= 11 is 0. The van der Waals surface area contributed by atoms with Gasteiger partial charge in [-0.05, 0) is 57.3 Å². The van der Waals surface area contributed by atoms with E-state index in [1.54, 1.807) is 6.07 Å². The molecule has 0 aliphatic carbocycles. The SMILES string of the molecule is COC(=O)c1ccc(CN2CCC(C(=O)N3CCCCC3)CC2)o1. The number of nitrogens with zero attached hydrogens (tertiary/aromatic N) is 2. The van der Waals surface area contributed by atoms with Crippen molar-refractivity contribution < 1.29 is 18.7 Å². The van der Waals surface area contributed by atoms with E-state index in [0.717, 1.165) is 57.6 Å². The molecule has 2 saturated heterocycles. The normalized spacial score (nSPS) is 20.1. The van der Waals surface area contributed by atoms with Gasteiger partial charge in [0.2, 0.25) is 11.7 Å². The average molecular weight is 334 g/mol. The maximum absolute atomic E-state index is 12.6. The number of carbonyl (C=O) groups is 2. The standard InChI is InChI=1S/C18H26N2O4/c1-23-18(22)16-6-5-15(24-16)13-19-11-7-14(8-12-19)17(21)20-9-3-2-4-10-20/h5-6,14H,2-4,7-13H2,1H3. The second-order valence-corrected chi connectivity index (χ2v) is 6.69. The molecule has 0 aromatic carbocycles. The highest BCUT2D eigenvalue weighted by molar-refractivity contribution is 5.86. The van der Waals surface area contributed by atoms with Crippen molar-refractivity contribution in [3.05, 3.63) is 23.7 Å². The van der Waals surface area contributed by atoms with Gasteiger partial charge < -0.3 is 14.1 Å². The summed E-state index contributed by atoms with van der Waals surface area (Å²) in [6, 6.07) is 3.46. The molecule has 1 amide bonds. The number of ether oxygens (including phenoxy) is 1. The molecule has 0 N–H and O–H groups in total. The number of piperidine rings is 2. The second kappa shape index (κ2) is 7.83. The lowest BCUT2D eigenvalue weighted by molar-refractivity contribution is -0.138. The second-order valence-electron chi connectivity index (χ2n) is 6.69. The van der Waals surface area contributed by atoms with Crippen molar-refractivity contribution in [2.45, 2.75) is 38.6 Å². The number of esters is 1. The summed E-state index contributed by atoms with van der Waals surface area (Å²) in [6.07, 6.45) is 5.34. The van der Waals surface area contributed by atoms with Gasteiger partial charge in [-0.15, -0.1) is 0 Å². The van der Waals surface area contributed by atoms with Gasteiger partial charge >= 0.3 is 5.97 Å². The zero-order valence-electron chi connectivity index (χ0n) is 14.3. The number of furan rings is 1. The van der Waals surface area contributed by atoms with Gasteiger partial charge in [0.25, 0.3) is 0 Å². The molecule has 132 valence electrons. The average Bonchev–Trinajstić information content (AvgIpc) is 3.10. The van der Waals surface area contributed by atoms with Crippen LogP contribution in [0.4, 0.5) is 0 Å². The van der Waals surface area contributed by atoms with Crippen LogP contribution < -0.4 is 0 Å². The molecule has 2 aliphatic heterocycles. The number of methoxy groups -OCH3 is 1. The van der Waals surface area contributed by atoms with Gasteiger partial charge in [-0.1, -0.05) is 0 Å². The molecule has 2 fully saturated rings. The maximum Gasteiger partial charge on any atom is 0.373 e. The van der Waals surface area contributed by atoms with Crippen molar-refractivity contribution in [3.63, 3.8) is 0 Å². The lowest BCUT2D eigenvalue weighted by atomic mass is 9.94. The molecule has 24 heavy (non-hydrogen) atoms. The molecule has 6 heteroatoms. The van der Waals surface area contributed by atoms with E-state index in [1.165, 1.54) is 13.5 Å². The fourth-order valence-electron chi connectivity index (χ4n) is 3.60. The first-order valence-electron chi connectivity index (χ1n) is 8.85. The van der Waals surface area contributed by atoms with Gasteiger partial charge in [0.1, 0.15) is 5.76 Å². The van der Waals surface area contributed by atoms with Gasteiger partial charge in [-0.3, -0.25) is 9.69 Å². The van der Waals surface area contributed by atoms with Gasteiger partial charge in [-0.25, -0.2) is 4.79 Å². The van der Waals surface area contributed by atoms with Crippen molar-refractivity contribution in [1.82, 2.24) is 9.80 Å². The van der Waals surface area contributed by atoms with Gasteiger partial charge in [0, 0.05) is 19.0 Å². The lowest BCUT2D eigenvalue weighted by Crippen LogP contribution is -2.44. The van der Waals surface area contributed by atoms with Crippen molar-refractivity contribution >= 4 is 11.9 Å². The van der Waals surface area contributed by atoms with E-state index in [2.05, 4.69) is 14.5 Å². The van der Waals surface area contributed by atoms with Crippen LogP contribution in [0.15, 0.2) is 16.5 Å². The number of rotatable bonds is 4. The summed E-state index contributed by atoms with van der Waals surface area (Å²) in [6.45, 7) is 4.31. The van der Waals surface area contributed by atoms with Crippen LogP contribution in [0.2, 0.25) is 0 Å². The Bertz CT molecular complexity index is 569. The number of amides is 1. The molecule has 0 radical (unpaired) electrons. The van der Waals surface area contributed by atoms with Crippen molar-refractivity contribution in [1.29, 1.82) is 0 Å². The Balaban J connectivity index is 1.47. The maximum atomic E-state index is 12.6. The third-order valence-electron chi connectivity index (χ3n) is 5.03. The van der Waals surface area contributed by atoms with Crippen LogP contribution in [0.25, 0.3) is 0 Å². The van der Waals surface area contributed by atoms with E-state index in [-0.39, 0.29) is 11.7 Å². The monoisotopic (exact) mass is 334 g/mol. The van der Waals surface area contributed by atoms with E-state index < -0.39 is 5.97 Å². The summed E-state index contributed by atoms with van der Waals surface area (Å²) < 4.78 is 10.2. The summed E-state index contributed by atoms with van der Waals surface area (Å²) in [7, 11) is 1.34. The quantitative estimate of drug-likeness (QED) is 0.791. The smallest absolute Gasteiger partial charge is 0.373 e. The Hall–Kier alpha value is -1.82. The predicted octanol–water partition coefficient (Wildman–Crippen LogP) is 2.29. The molecule has 0 saturated carbocycles. The van der Waals surface area contributed by atoms with Crippen molar-refractivity contribution in [2.24, 2.45) is 5.92 Å². The summed E-state index contributed by atoms with van der Waals surface area (Å²) in [5.41, 5.74) is 0. The molecule has 3 heterocycles. The summed E-state index contributed by atoms with van der Waals surface area (Å²) in [4.78, 5) is 28.3. The van der Waals surface area contributed by atoms with E-state index in [0.29, 0.717) is 12.5 Å². The Kier molecular flexibility index (Phi) is 5.56. The van der Waals surface area contributed by atoms with Crippen LogP contribution in [0, 0.1) is 5.92 Å². The van der Waals surface area contributed by atoms with Crippen molar-refractivity contribution in [2.75, 3.05) is 33.3 Å². The van der Waals surface area contributed by atoms with Crippen LogP contribution >= 0.6 is 0 Å². The fraction of sp³-hybridized carbons (Fsp3) is 0.667. The Morgan fingerprint density at radius 2 is 1.83 bits per heavy atom. The molecule has 0 bridgehead atoms. The molecule has 1 aromatic rings. The number of carbonyl (C=O) groups excluding carboxylic acids is 2. The van der Waals surface area contributed by atoms with E-state index in [9.17, 15) is 9.59 Å². The van der Waals surface area contributed by atoms with Gasteiger partial charge in [0.15, 0.2) is 0 Å². The minimum atomic E-state index is -0.452. The number of likely N-dealkylation sites (tertiary alicyclic amines) is 2. The largest absolute Gasteiger partial charge is 0.463 e. The van der Waals surface area contributed by atoms with Crippen LogP contribution in [0.3, 0.4) is 0 Å². The minimum Gasteiger partial charge on any atom is -0.463 e. The predicted molar refractivity (Wildman–Crippen MR) is 88.5 cm³/mol. The van der Waals surface area contributed by atoms with E-state index in [4.69, 9.17) is 4.42 Å². The third-order valence-corrected chi connectivity index (χ3v) is 5.03. The van der Waals surface area contributed by atoms with E-state index >= 15 is 0 Å². The summed E-state index contributed by atoms with van der Waals surface area (Å²) in [5, 5.41) is 0. The van der Waals surface area contributed by atoms with Crippen LogP contribution in [-0.2, 0) is 16.1 Å². The molecule has 0 atom stereocenters. The lowest BCUT2D eigenvalue weighted by Gasteiger charge is -2.35. The first-order valence-corrected chi connectivity index (χ1v) is 8.85. The summed E-state index contributed by atoms with van der Waals surface area (Å²) in [5.74, 6) is 1.06. The van der Waals surface area contributed by atoms with Crippen LogP contribution in [0.1, 0.15) is 48.4 Å². The topological polar surface area (TPSA) is 63.0 Å². The third kappa shape index (κ3) is 3.98. The first kappa shape index (κ1) is 17.0. The molecule has 0 spiro atoms. The van der Waals surface area contributed by atoms with Gasteiger partial charge in [-0.2, -0.15) is 0 Å². The molecule has 0 unspecified atom stereocenters. The molecular formula is C18H26N2O4. The van der Waals surface area contributed by atoms with Crippen LogP contribution in [0.5, 0.6) is 0 Å².